The maximum atomic E-state index is 12.0. The molecule has 1 aromatic heterocycles. The van der Waals surface area contributed by atoms with Crippen molar-refractivity contribution < 1.29 is 14.7 Å². The molecule has 0 atom stereocenters. The molecule has 0 saturated heterocycles. The molecule has 0 radical (unpaired) electrons. The number of aromatic carboxylic acids is 1. The molecule has 1 heterocycles. The van der Waals surface area contributed by atoms with E-state index in [4.69, 9.17) is 5.11 Å². The monoisotopic (exact) mass is 250 g/mol. The summed E-state index contributed by atoms with van der Waals surface area (Å²) < 4.78 is 0. The summed E-state index contributed by atoms with van der Waals surface area (Å²) in [7, 11) is 0. The Morgan fingerprint density at radius 3 is 2.61 bits per heavy atom. The molecule has 5 nitrogen and oxygen atoms in total. The highest BCUT2D eigenvalue weighted by Gasteiger charge is 2.23. The molecular formula is C13H18N2O3. The van der Waals surface area contributed by atoms with Crippen LogP contribution in [0.2, 0.25) is 0 Å². The summed E-state index contributed by atoms with van der Waals surface area (Å²) in [5.74, 6) is -1.09. The minimum atomic E-state index is -1.05. The second-order valence-corrected chi connectivity index (χ2v) is 4.87. The van der Waals surface area contributed by atoms with Gasteiger partial charge in [-0.05, 0) is 25.8 Å². The van der Waals surface area contributed by atoms with Gasteiger partial charge in [-0.15, -0.1) is 0 Å². The Labute approximate surface area is 106 Å². The van der Waals surface area contributed by atoms with Crippen molar-refractivity contribution in [3.63, 3.8) is 0 Å². The van der Waals surface area contributed by atoms with E-state index in [9.17, 15) is 9.59 Å². The number of carboxylic acids is 1. The molecular weight excluding hydrogens is 232 g/mol. The Balaban J connectivity index is 2.08. The topological polar surface area (TPSA) is 82.2 Å². The molecule has 0 spiro atoms. The molecule has 3 N–H and O–H groups in total. The van der Waals surface area contributed by atoms with Crippen LogP contribution in [0.5, 0.6) is 0 Å². The summed E-state index contributed by atoms with van der Waals surface area (Å²) in [4.78, 5) is 25.8. The van der Waals surface area contributed by atoms with E-state index >= 15 is 0 Å². The van der Waals surface area contributed by atoms with Crippen molar-refractivity contribution in [3.05, 3.63) is 17.5 Å². The molecule has 0 unspecified atom stereocenters. The maximum Gasteiger partial charge on any atom is 0.354 e. The summed E-state index contributed by atoms with van der Waals surface area (Å²) in [5.41, 5.74) is 1.15. The minimum Gasteiger partial charge on any atom is -0.477 e. The standard InChI is InChI=1S/C13H18N2O3/c1-8-7-10(11(14-8)13(17)18)15-12(16)9-5-3-2-4-6-9/h7,9,14H,2-6H2,1H3,(H,15,16)(H,17,18). The number of hydrogen-bond donors (Lipinski definition) is 3. The van der Waals surface area contributed by atoms with E-state index < -0.39 is 5.97 Å². The highest BCUT2D eigenvalue weighted by molar-refractivity contribution is 6.00. The molecule has 18 heavy (non-hydrogen) atoms. The number of hydrogen-bond acceptors (Lipinski definition) is 2. The normalized spacial score (nSPS) is 16.5. The van der Waals surface area contributed by atoms with Gasteiger partial charge in [0, 0.05) is 11.6 Å². The van der Waals surface area contributed by atoms with Crippen molar-refractivity contribution in [2.45, 2.75) is 39.0 Å². The van der Waals surface area contributed by atoms with Crippen LogP contribution in [0.15, 0.2) is 6.07 Å². The van der Waals surface area contributed by atoms with Gasteiger partial charge in [-0.3, -0.25) is 4.79 Å². The van der Waals surface area contributed by atoms with E-state index in [0.29, 0.717) is 5.69 Å². The number of rotatable bonds is 3. The third-order valence-electron chi connectivity index (χ3n) is 3.40. The number of carbonyl (C=O) groups excluding carboxylic acids is 1. The van der Waals surface area contributed by atoms with E-state index in [1.165, 1.54) is 6.42 Å². The fourth-order valence-electron chi connectivity index (χ4n) is 2.46. The van der Waals surface area contributed by atoms with Crippen molar-refractivity contribution in [3.8, 4) is 0 Å². The molecule has 1 aromatic rings. The van der Waals surface area contributed by atoms with Gasteiger partial charge >= 0.3 is 5.97 Å². The van der Waals surface area contributed by atoms with Crippen LogP contribution in [0, 0.1) is 12.8 Å². The zero-order valence-corrected chi connectivity index (χ0v) is 10.5. The first-order chi connectivity index (χ1) is 8.58. The molecule has 98 valence electrons. The predicted molar refractivity (Wildman–Crippen MR) is 67.7 cm³/mol. The Hall–Kier alpha value is -1.78. The number of amides is 1. The third kappa shape index (κ3) is 2.72. The van der Waals surface area contributed by atoms with Crippen molar-refractivity contribution >= 4 is 17.6 Å². The van der Waals surface area contributed by atoms with Crippen LogP contribution in [0.1, 0.15) is 48.3 Å². The first-order valence-electron chi connectivity index (χ1n) is 6.31. The predicted octanol–water partition coefficient (Wildman–Crippen LogP) is 2.54. The van der Waals surface area contributed by atoms with E-state index in [2.05, 4.69) is 10.3 Å². The molecule has 1 saturated carbocycles. The van der Waals surface area contributed by atoms with Gasteiger partial charge in [-0.2, -0.15) is 0 Å². The zero-order chi connectivity index (χ0) is 13.1. The molecule has 5 heteroatoms. The minimum absolute atomic E-state index is 0.0237. The lowest BCUT2D eigenvalue weighted by atomic mass is 9.88. The van der Waals surface area contributed by atoms with Crippen molar-refractivity contribution in [2.75, 3.05) is 5.32 Å². The van der Waals surface area contributed by atoms with E-state index in [1.54, 1.807) is 13.0 Å². The van der Waals surface area contributed by atoms with E-state index in [0.717, 1.165) is 31.4 Å². The van der Waals surface area contributed by atoms with Gasteiger partial charge in [0.05, 0.1) is 5.69 Å². The second-order valence-electron chi connectivity index (χ2n) is 4.87. The average Bonchev–Trinajstić information content (AvgIpc) is 2.71. The van der Waals surface area contributed by atoms with Crippen LogP contribution >= 0.6 is 0 Å². The van der Waals surface area contributed by atoms with Gasteiger partial charge in [0.25, 0.3) is 0 Å². The Morgan fingerprint density at radius 1 is 1.33 bits per heavy atom. The van der Waals surface area contributed by atoms with Crippen LogP contribution in [-0.2, 0) is 4.79 Å². The fraction of sp³-hybridized carbons (Fsp3) is 0.538. The highest BCUT2D eigenvalue weighted by Crippen LogP contribution is 2.26. The lowest BCUT2D eigenvalue weighted by molar-refractivity contribution is -0.120. The van der Waals surface area contributed by atoms with Gasteiger partial charge in [-0.25, -0.2) is 4.79 Å². The maximum absolute atomic E-state index is 12.0. The Bertz CT molecular complexity index is 459. The summed E-state index contributed by atoms with van der Waals surface area (Å²) in [6.45, 7) is 1.77. The first-order valence-corrected chi connectivity index (χ1v) is 6.31. The smallest absolute Gasteiger partial charge is 0.354 e. The summed E-state index contributed by atoms with van der Waals surface area (Å²) >= 11 is 0. The lowest BCUT2D eigenvalue weighted by Gasteiger charge is -2.20. The number of carboxylic acid groups (broad SMARTS) is 1. The molecule has 1 aliphatic carbocycles. The molecule has 1 fully saturated rings. The van der Waals surface area contributed by atoms with Crippen LogP contribution in [0.4, 0.5) is 5.69 Å². The third-order valence-corrected chi connectivity index (χ3v) is 3.40. The van der Waals surface area contributed by atoms with Crippen molar-refractivity contribution in [1.29, 1.82) is 0 Å². The average molecular weight is 250 g/mol. The first kappa shape index (κ1) is 12.7. The van der Waals surface area contributed by atoms with E-state index in [1.807, 2.05) is 0 Å². The molecule has 0 aliphatic heterocycles. The van der Waals surface area contributed by atoms with Gasteiger partial charge < -0.3 is 15.4 Å². The van der Waals surface area contributed by atoms with Crippen LogP contribution in [0.3, 0.4) is 0 Å². The molecule has 2 rings (SSSR count). The molecule has 0 bridgehead atoms. The number of aromatic amines is 1. The largest absolute Gasteiger partial charge is 0.477 e. The molecule has 1 aliphatic rings. The molecule has 0 aromatic carbocycles. The summed E-state index contributed by atoms with van der Waals surface area (Å²) in [5, 5.41) is 11.8. The fourth-order valence-corrected chi connectivity index (χ4v) is 2.46. The number of nitrogens with one attached hydrogen (secondary N) is 2. The Kier molecular flexibility index (Phi) is 3.69. The zero-order valence-electron chi connectivity index (χ0n) is 10.5. The van der Waals surface area contributed by atoms with Gasteiger partial charge in [0.1, 0.15) is 5.69 Å². The summed E-state index contributed by atoms with van der Waals surface area (Å²) in [6.07, 6.45) is 5.15. The second kappa shape index (κ2) is 5.25. The van der Waals surface area contributed by atoms with Gasteiger partial charge in [0.15, 0.2) is 0 Å². The number of aromatic nitrogens is 1. The van der Waals surface area contributed by atoms with Crippen molar-refractivity contribution in [2.24, 2.45) is 5.92 Å². The number of aryl methyl sites for hydroxylation is 1. The van der Waals surface area contributed by atoms with Gasteiger partial charge in [0.2, 0.25) is 5.91 Å². The van der Waals surface area contributed by atoms with Crippen molar-refractivity contribution in [1.82, 2.24) is 4.98 Å². The number of carbonyl (C=O) groups is 2. The SMILES string of the molecule is Cc1cc(NC(=O)C2CCCCC2)c(C(=O)O)[nH]1. The quantitative estimate of drug-likeness (QED) is 0.771. The van der Waals surface area contributed by atoms with Crippen LogP contribution < -0.4 is 5.32 Å². The number of H-pyrrole nitrogens is 1. The summed E-state index contributed by atoms with van der Waals surface area (Å²) in [6, 6.07) is 1.66. The lowest BCUT2D eigenvalue weighted by Crippen LogP contribution is -2.25. The molecule has 1 amide bonds. The highest BCUT2D eigenvalue weighted by atomic mass is 16.4. The van der Waals surface area contributed by atoms with Crippen LogP contribution in [0.25, 0.3) is 0 Å². The van der Waals surface area contributed by atoms with E-state index in [-0.39, 0.29) is 17.5 Å². The number of anilines is 1. The van der Waals surface area contributed by atoms with Crippen LogP contribution in [-0.4, -0.2) is 22.0 Å². The van der Waals surface area contributed by atoms with Gasteiger partial charge in [-0.1, -0.05) is 19.3 Å². The Morgan fingerprint density at radius 2 is 2.00 bits per heavy atom.